The number of benzene rings is 1. The molecular formula is C12H9N3O2. The Morgan fingerprint density at radius 1 is 1.41 bits per heavy atom. The van der Waals surface area contributed by atoms with E-state index < -0.39 is 5.97 Å². The molecule has 5 nitrogen and oxygen atoms in total. The van der Waals surface area contributed by atoms with Gasteiger partial charge in [0.25, 0.3) is 0 Å². The Morgan fingerprint density at radius 3 is 2.82 bits per heavy atom. The fourth-order valence-corrected chi connectivity index (χ4v) is 1.28. The molecule has 0 atom stereocenters. The zero-order valence-corrected chi connectivity index (χ0v) is 8.88. The number of nitriles is 1. The molecule has 1 aromatic carbocycles. The second kappa shape index (κ2) is 4.94. The molecule has 2 rings (SSSR count). The van der Waals surface area contributed by atoms with Crippen LogP contribution in [0.15, 0.2) is 36.5 Å². The fraction of sp³-hybridized carbons (Fsp3) is 0.0833. The van der Waals surface area contributed by atoms with Gasteiger partial charge in [0.15, 0.2) is 5.69 Å². The van der Waals surface area contributed by atoms with Gasteiger partial charge in [-0.1, -0.05) is 30.3 Å². The first-order chi connectivity index (χ1) is 8.29. The zero-order chi connectivity index (χ0) is 12.1. The number of hydrogen-bond acceptors (Lipinski definition) is 4. The molecule has 0 aliphatic carbocycles. The van der Waals surface area contributed by atoms with Crippen LogP contribution < -0.4 is 0 Å². The molecule has 0 fully saturated rings. The predicted octanol–water partition coefficient (Wildman–Crippen LogP) is 1.64. The molecule has 0 aliphatic heterocycles. The topological polar surface area (TPSA) is 78.8 Å². The van der Waals surface area contributed by atoms with Crippen molar-refractivity contribution in [3.05, 3.63) is 53.6 Å². The average molecular weight is 227 g/mol. The number of ether oxygens (including phenoxy) is 1. The minimum atomic E-state index is -0.549. The van der Waals surface area contributed by atoms with Crippen molar-refractivity contribution >= 4 is 5.97 Å². The van der Waals surface area contributed by atoms with Crippen LogP contribution in [-0.4, -0.2) is 15.9 Å². The van der Waals surface area contributed by atoms with E-state index in [9.17, 15) is 4.79 Å². The third kappa shape index (κ3) is 2.69. The van der Waals surface area contributed by atoms with E-state index in [2.05, 4.69) is 9.97 Å². The summed E-state index contributed by atoms with van der Waals surface area (Å²) >= 11 is 0. The standard InChI is InChI=1S/C12H9N3O2/c13-6-11-14-7-10(15-11)12(16)17-8-9-4-2-1-3-5-9/h1-5,7H,8H2,(H,14,15). The molecule has 2 aromatic rings. The van der Waals surface area contributed by atoms with E-state index >= 15 is 0 Å². The van der Waals surface area contributed by atoms with Crippen LogP contribution in [0.1, 0.15) is 21.9 Å². The van der Waals surface area contributed by atoms with Crippen molar-refractivity contribution < 1.29 is 9.53 Å². The summed E-state index contributed by atoms with van der Waals surface area (Å²) < 4.78 is 5.04. The van der Waals surface area contributed by atoms with Crippen molar-refractivity contribution in [2.45, 2.75) is 6.61 Å². The van der Waals surface area contributed by atoms with Crippen LogP contribution in [0.25, 0.3) is 0 Å². The van der Waals surface area contributed by atoms with Crippen LogP contribution >= 0.6 is 0 Å². The van der Waals surface area contributed by atoms with Gasteiger partial charge in [0.05, 0.1) is 0 Å². The fourth-order valence-electron chi connectivity index (χ4n) is 1.28. The van der Waals surface area contributed by atoms with Crippen LogP contribution in [0.5, 0.6) is 0 Å². The maximum Gasteiger partial charge on any atom is 0.358 e. The highest BCUT2D eigenvalue weighted by molar-refractivity contribution is 5.87. The van der Waals surface area contributed by atoms with Gasteiger partial charge < -0.3 is 9.72 Å². The van der Waals surface area contributed by atoms with Crippen molar-refractivity contribution in [2.75, 3.05) is 0 Å². The van der Waals surface area contributed by atoms with E-state index in [0.717, 1.165) is 5.56 Å². The quantitative estimate of drug-likeness (QED) is 0.808. The Bertz CT molecular complexity index is 555. The molecule has 5 heteroatoms. The molecule has 0 bridgehead atoms. The second-order valence-electron chi connectivity index (χ2n) is 3.31. The van der Waals surface area contributed by atoms with Gasteiger partial charge in [0.1, 0.15) is 12.7 Å². The Labute approximate surface area is 97.7 Å². The number of hydrogen-bond donors (Lipinski definition) is 1. The highest BCUT2D eigenvalue weighted by atomic mass is 16.5. The number of H-pyrrole nitrogens is 1. The van der Waals surface area contributed by atoms with Gasteiger partial charge in [0, 0.05) is 6.20 Å². The van der Waals surface area contributed by atoms with Crippen molar-refractivity contribution in [3.63, 3.8) is 0 Å². The van der Waals surface area contributed by atoms with E-state index in [0.29, 0.717) is 0 Å². The molecule has 0 radical (unpaired) electrons. The third-order valence-corrected chi connectivity index (χ3v) is 2.11. The number of imidazole rings is 1. The van der Waals surface area contributed by atoms with Crippen LogP contribution in [0, 0.1) is 11.3 Å². The number of aromatic amines is 1. The van der Waals surface area contributed by atoms with E-state index in [-0.39, 0.29) is 18.1 Å². The molecule has 84 valence electrons. The van der Waals surface area contributed by atoms with Crippen molar-refractivity contribution in [3.8, 4) is 6.07 Å². The van der Waals surface area contributed by atoms with E-state index in [1.54, 1.807) is 6.07 Å². The Kier molecular flexibility index (Phi) is 3.17. The molecule has 1 N–H and O–H groups in total. The number of esters is 1. The number of nitrogens with zero attached hydrogens (tertiary/aromatic N) is 2. The van der Waals surface area contributed by atoms with Crippen LogP contribution in [0.2, 0.25) is 0 Å². The molecular weight excluding hydrogens is 218 g/mol. The van der Waals surface area contributed by atoms with Gasteiger partial charge >= 0.3 is 5.97 Å². The van der Waals surface area contributed by atoms with Gasteiger partial charge in [-0.15, -0.1) is 0 Å². The molecule has 0 amide bonds. The molecule has 0 spiro atoms. The van der Waals surface area contributed by atoms with Gasteiger partial charge in [-0.25, -0.2) is 9.78 Å². The van der Waals surface area contributed by atoms with Crippen LogP contribution in [0.3, 0.4) is 0 Å². The summed E-state index contributed by atoms with van der Waals surface area (Å²) in [7, 11) is 0. The monoisotopic (exact) mass is 227 g/mol. The Balaban J connectivity index is 1.96. The number of rotatable bonds is 3. The molecule has 1 heterocycles. The summed E-state index contributed by atoms with van der Waals surface area (Å²) in [5.74, 6) is -0.455. The lowest BCUT2D eigenvalue weighted by molar-refractivity contribution is 0.0466. The molecule has 0 saturated carbocycles. The Morgan fingerprint density at radius 2 is 2.18 bits per heavy atom. The summed E-state index contributed by atoms with van der Waals surface area (Å²) in [5, 5.41) is 8.54. The normalized spacial score (nSPS) is 9.59. The van der Waals surface area contributed by atoms with Crippen molar-refractivity contribution in [1.29, 1.82) is 5.26 Å². The zero-order valence-electron chi connectivity index (χ0n) is 8.88. The van der Waals surface area contributed by atoms with E-state index in [1.807, 2.05) is 30.3 Å². The van der Waals surface area contributed by atoms with Gasteiger partial charge in [-0.2, -0.15) is 5.26 Å². The number of nitrogens with one attached hydrogen (secondary N) is 1. The lowest BCUT2D eigenvalue weighted by Gasteiger charge is -2.02. The maximum atomic E-state index is 11.5. The molecule has 0 aliphatic rings. The maximum absolute atomic E-state index is 11.5. The summed E-state index contributed by atoms with van der Waals surface area (Å²) in [6.07, 6.45) is 1.35. The third-order valence-electron chi connectivity index (χ3n) is 2.11. The smallest absolute Gasteiger partial charge is 0.358 e. The first-order valence-electron chi connectivity index (χ1n) is 4.96. The lowest BCUT2D eigenvalue weighted by Crippen LogP contribution is -2.05. The largest absolute Gasteiger partial charge is 0.456 e. The number of carbonyl (C=O) groups excluding carboxylic acids is 1. The van der Waals surface area contributed by atoms with Gasteiger partial charge in [-0.3, -0.25) is 0 Å². The van der Waals surface area contributed by atoms with Gasteiger partial charge in [-0.05, 0) is 5.56 Å². The molecule has 1 aromatic heterocycles. The minimum Gasteiger partial charge on any atom is -0.456 e. The molecule has 17 heavy (non-hydrogen) atoms. The van der Waals surface area contributed by atoms with E-state index in [4.69, 9.17) is 10.00 Å². The number of carbonyl (C=O) groups is 1. The summed E-state index contributed by atoms with van der Waals surface area (Å²) in [6.45, 7) is 0.189. The van der Waals surface area contributed by atoms with Crippen LogP contribution in [0.4, 0.5) is 0 Å². The minimum absolute atomic E-state index is 0.0941. The molecule has 0 saturated heterocycles. The van der Waals surface area contributed by atoms with Crippen molar-refractivity contribution in [2.24, 2.45) is 0 Å². The first-order valence-corrected chi connectivity index (χ1v) is 4.96. The summed E-state index contributed by atoms with van der Waals surface area (Å²) in [6, 6.07) is 11.1. The number of aromatic nitrogens is 2. The summed E-state index contributed by atoms with van der Waals surface area (Å²) in [4.78, 5) is 17.8. The SMILES string of the molecule is N#Cc1nc(C(=O)OCc2ccccc2)c[nH]1. The lowest BCUT2D eigenvalue weighted by atomic mass is 10.2. The predicted molar refractivity (Wildman–Crippen MR) is 58.9 cm³/mol. The Hall–Kier alpha value is -2.61. The van der Waals surface area contributed by atoms with E-state index in [1.165, 1.54) is 6.20 Å². The first kappa shape index (κ1) is 10.9. The average Bonchev–Trinajstić information content (AvgIpc) is 2.86. The highest BCUT2D eigenvalue weighted by Gasteiger charge is 2.11. The van der Waals surface area contributed by atoms with Crippen molar-refractivity contribution in [1.82, 2.24) is 9.97 Å². The highest BCUT2D eigenvalue weighted by Crippen LogP contribution is 2.04. The van der Waals surface area contributed by atoms with Crippen LogP contribution in [-0.2, 0) is 11.3 Å². The molecule has 0 unspecified atom stereocenters. The second-order valence-corrected chi connectivity index (χ2v) is 3.31. The summed E-state index contributed by atoms with van der Waals surface area (Å²) in [5.41, 5.74) is 1.01. The van der Waals surface area contributed by atoms with Gasteiger partial charge in [0.2, 0.25) is 5.82 Å².